The number of ether oxygens (including phenoxy) is 1. The van der Waals surface area contributed by atoms with Gasteiger partial charge in [-0.2, -0.15) is 0 Å². The van der Waals surface area contributed by atoms with Gasteiger partial charge in [-0.15, -0.1) is 0 Å². The van der Waals surface area contributed by atoms with Crippen molar-refractivity contribution in [3.63, 3.8) is 0 Å². The third-order valence-electron chi connectivity index (χ3n) is 2.48. The Morgan fingerprint density at radius 3 is 2.76 bits per heavy atom. The molecule has 92 valence electrons. The topological polar surface area (TPSA) is 69.4 Å². The second-order valence-electron chi connectivity index (χ2n) is 3.78. The number of aryl methyl sites for hydroxylation is 1. The lowest BCUT2D eigenvalue weighted by atomic mass is 10.0. The van der Waals surface area contributed by atoms with Gasteiger partial charge in [0.15, 0.2) is 5.78 Å². The highest BCUT2D eigenvalue weighted by Crippen LogP contribution is 2.19. The van der Waals surface area contributed by atoms with Gasteiger partial charge in [-0.25, -0.2) is 0 Å². The van der Waals surface area contributed by atoms with Crippen molar-refractivity contribution in [2.24, 2.45) is 0 Å². The van der Waals surface area contributed by atoms with E-state index in [0.717, 1.165) is 5.56 Å². The molecule has 1 aromatic carbocycles. The summed E-state index contributed by atoms with van der Waals surface area (Å²) in [6.07, 6.45) is 0.966. The van der Waals surface area contributed by atoms with Crippen LogP contribution in [0.3, 0.4) is 0 Å². The summed E-state index contributed by atoms with van der Waals surface area (Å²) in [7, 11) is 1.57. The molecule has 17 heavy (non-hydrogen) atoms. The molecule has 5 heteroatoms. The van der Waals surface area contributed by atoms with E-state index in [0.29, 0.717) is 25.0 Å². The minimum absolute atomic E-state index is 0.0503. The molecule has 1 rings (SSSR count). The zero-order chi connectivity index (χ0) is 12.8. The Bertz CT molecular complexity index is 429. The number of nitro groups is 1. The maximum absolute atomic E-state index is 11.8. The van der Waals surface area contributed by atoms with Crippen molar-refractivity contribution in [1.29, 1.82) is 0 Å². The number of carbonyl (C=O) groups is 1. The molecule has 0 bridgehead atoms. The number of benzene rings is 1. The molecule has 0 saturated carbocycles. The highest BCUT2D eigenvalue weighted by molar-refractivity contribution is 5.97. The molecule has 0 heterocycles. The fourth-order valence-corrected chi connectivity index (χ4v) is 1.54. The molecular weight excluding hydrogens is 222 g/mol. The van der Waals surface area contributed by atoms with E-state index in [4.69, 9.17) is 4.74 Å². The van der Waals surface area contributed by atoms with E-state index in [1.165, 1.54) is 12.1 Å². The van der Waals surface area contributed by atoms with Crippen molar-refractivity contribution in [1.82, 2.24) is 0 Å². The highest BCUT2D eigenvalue weighted by Gasteiger charge is 2.14. The van der Waals surface area contributed by atoms with Crippen LogP contribution in [0.2, 0.25) is 0 Å². The first kappa shape index (κ1) is 13.3. The first-order chi connectivity index (χ1) is 8.06. The summed E-state index contributed by atoms with van der Waals surface area (Å²) in [4.78, 5) is 22.0. The molecule has 0 N–H and O–H groups in total. The number of Topliss-reactive ketones (excluding diaryl/α,β-unsaturated/α-hetero) is 1. The molecule has 0 atom stereocenters. The van der Waals surface area contributed by atoms with Crippen LogP contribution >= 0.6 is 0 Å². The third-order valence-corrected chi connectivity index (χ3v) is 2.48. The Labute approximate surface area is 99.5 Å². The first-order valence-corrected chi connectivity index (χ1v) is 5.33. The average Bonchev–Trinajstić information content (AvgIpc) is 2.29. The lowest BCUT2D eigenvalue weighted by Crippen LogP contribution is -2.04. The van der Waals surface area contributed by atoms with Crippen LogP contribution in [-0.2, 0) is 4.74 Å². The average molecular weight is 237 g/mol. The number of hydrogen-bond acceptors (Lipinski definition) is 4. The number of ketones is 1. The number of carbonyl (C=O) groups excluding carboxylic acids is 1. The molecule has 1 aromatic rings. The molecule has 0 saturated heterocycles. The highest BCUT2D eigenvalue weighted by atomic mass is 16.6. The Hall–Kier alpha value is -1.75. The van der Waals surface area contributed by atoms with Crippen molar-refractivity contribution < 1.29 is 14.5 Å². The quantitative estimate of drug-likeness (QED) is 0.330. The molecule has 0 aliphatic heterocycles. The molecule has 0 radical (unpaired) electrons. The number of rotatable bonds is 6. The summed E-state index contributed by atoms with van der Waals surface area (Å²) in [6.45, 7) is 2.28. The zero-order valence-electron chi connectivity index (χ0n) is 9.93. The van der Waals surface area contributed by atoms with Gasteiger partial charge in [0.05, 0.1) is 4.92 Å². The summed E-state index contributed by atoms with van der Waals surface area (Å²) in [5.41, 5.74) is 1.14. The van der Waals surface area contributed by atoms with Gasteiger partial charge in [0, 0.05) is 37.8 Å². The summed E-state index contributed by atoms with van der Waals surface area (Å²) >= 11 is 0. The molecule has 5 nitrogen and oxygen atoms in total. The van der Waals surface area contributed by atoms with Gasteiger partial charge in [-0.3, -0.25) is 14.9 Å². The minimum Gasteiger partial charge on any atom is -0.385 e. The summed E-state index contributed by atoms with van der Waals surface area (Å²) < 4.78 is 4.86. The van der Waals surface area contributed by atoms with Crippen molar-refractivity contribution in [2.45, 2.75) is 19.8 Å². The molecule has 0 unspecified atom stereocenters. The molecule has 0 aliphatic rings. The standard InChI is InChI=1S/C12H15NO4/c1-9-5-6-10(13(15)16)8-11(9)12(14)4-3-7-17-2/h5-6,8H,3-4,7H2,1-2H3. The van der Waals surface area contributed by atoms with E-state index in [-0.39, 0.29) is 11.5 Å². The lowest BCUT2D eigenvalue weighted by molar-refractivity contribution is -0.384. The van der Waals surface area contributed by atoms with Crippen molar-refractivity contribution >= 4 is 11.5 Å². The molecule has 0 spiro atoms. The molecule has 0 amide bonds. The van der Waals surface area contributed by atoms with Crippen LogP contribution in [-0.4, -0.2) is 24.4 Å². The molecule has 0 fully saturated rings. The van der Waals surface area contributed by atoms with Crippen molar-refractivity contribution in [3.8, 4) is 0 Å². The summed E-state index contributed by atoms with van der Waals surface area (Å²) in [5, 5.41) is 10.6. The normalized spacial score (nSPS) is 10.2. The Morgan fingerprint density at radius 2 is 2.18 bits per heavy atom. The smallest absolute Gasteiger partial charge is 0.270 e. The SMILES string of the molecule is COCCCC(=O)c1cc([N+](=O)[O-])ccc1C. The largest absolute Gasteiger partial charge is 0.385 e. The van der Waals surface area contributed by atoms with Crippen LogP contribution in [0.5, 0.6) is 0 Å². The van der Waals surface area contributed by atoms with Gasteiger partial charge in [0.2, 0.25) is 0 Å². The maximum Gasteiger partial charge on any atom is 0.270 e. The van der Waals surface area contributed by atoms with E-state index < -0.39 is 4.92 Å². The van der Waals surface area contributed by atoms with Gasteiger partial charge in [0.1, 0.15) is 0 Å². The van der Waals surface area contributed by atoms with E-state index in [1.807, 2.05) is 0 Å². The summed E-state index contributed by atoms with van der Waals surface area (Å²) in [5.74, 6) is -0.0803. The lowest BCUT2D eigenvalue weighted by Gasteiger charge is -2.04. The van der Waals surface area contributed by atoms with Crippen molar-refractivity contribution in [2.75, 3.05) is 13.7 Å². The number of nitro benzene ring substituents is 1. The monoisotopic (exact) mass is 237 g/mol. The van der Waals surface area contributed by atoms with Gasteiger partial charge in [-0.1, -0.05) is 6.07 Å². The van der Waals surface area contributed by atoms with Gasteiger partial charge < -0.3 is 4.74 Å². The third kappa shape index (κ3) is 3.64. The van der Waals surface area contributed by atoms with E-state index in [9.17, 15) is 14.9 Å². The number of nitrogens with zero attached hydrogens (tertiary/aromatic N) is 1. The Kier molecular flexibility index (Phi) is 4.78. The molecular formula is C12H15NO4. The van der Waals surface area contributed by atoms with Crippen molar-refractivity contribution in [3.05, 3.63) is 39.4 Å². The minimum atomic E-state index is -0.495. The van der Waals surface area contributed by atoms with E-state index in [2.05, 4.69) is 0 Å². The fraction of sp³-hybridized carbons (Fsp3) is 0.417. The molecule has 0 aliphatic carbocycles. The predicted octanol–water partition coefficient (Wildman–Crippen LogP) is 2.51. The van der Waals surface area contributed by atoms with Crippen LogP contribution in [0.1, 0.15) is 28.8 Å². The maximum atomic E-state index is 11.8. The van der Waals surface area contributed by atoms with Crippen LogP contribution in [0.25, 0.3) is 0 Å². The number of non-ortho nitro benzene ring substituents is 1. The van der Waals surface area contributed by atoms with Gasteiger partial charge in [-0.05, 0) is 18.9 Å². The predicted molar refractivity (Wildman–Crippen MR) is 63.3 cm³/mol. The second kappa shape index (κ2) is 6.10. The van der Waals surface area contributed by atoms with E-state index in [1.54, 1.807) is 20.1 Å². The fourth-order valence-electron chi connectivity index (χ4n) is 1.54. The van der Waals surface area contributed by atoms with Crippen LogP contribution in [0.15, 0.2) is 18.2 Å². The van der Waals surface area contributed by atoms with E-state index >= 15 is 0 Å². The molecule has 0 aromatic heterocycles. The number of hydrogen-bond donors (Lipinski definition) is 0. The van der Waals surface area contributed by atoms with Crippen LogP contribution < -0.4 is 0 Å². The Morgan fingerprint density at radius 1 is 1.47 bits per heavy atom. The van der Waals surface area contributed by atoms with Gasteiger partial charge in [0.25, 0.3) is 5.69 Å². The van der Waals surface area contributed by atoms with Crippen LogP contribution in [0, 0.1) is 17.0 Å². The zero-order valence-corrected chi connectivity index (χ0v) is 9.93. The summed E-state index contributed by atoms with van der Waals surface area (Å²) in [6, 6.07) is 4.34. The Balaban J connectivity index is 2.84. The number of methoxy groups -OCH3 is 1. The van der Waals surface area contributed by atoms with Crippen LogP contribution in [0.4, 0.5) is 5.69 Å². The second-order valence-corrected chi connectivity index (χ2v) is 3.78. The van der Waals surface area contributed by atoms with Gasteiger partial charge >= 0.3 is 0 Å². The first-order valence-electron chi connectivity index (χ1n) is 5.33.